The summed E-state index contributed by atoms with van der Waals surface area (Å²) in [5, 5.41) is 11.1. The molecule has 26 heavy (non-hydrogen) atoms. The van der Waals surface area contributed by atoms with E-state index in [1.54, 1.807) is 31.2 Å². The number of benzene rings is 2. The molecule has 3 aromatic rings. The first-order valence-electron chi connectivity index (χ1n) is 7.64. The van der Waals surface area contributed by atoms with Crippen LogP contribution >= 0.6 is 23.4 Å². The van der Waals surface area contributed by atoms with Crippen molar-refractivity contribution < 1.29 is 9.18 Å². The quantitative estimate of drug-likeness (QED) is 0.513. The molecule has 0 aliphatic carbocycles. The molecule has 0 spiro atoms. The molecule has 9 heteroatoms. The molecule has 1 heterocycles. The van der Waals surface area contributed by atoms with Crippen LogP contribution in [0.2, 0.25) is 5.02 Å². The number of rotatable bonds is 5. The van der Waals surface area contributed by atoms with E-state index in [1.807, 2.05) is 6.07 Å². The molecule has 0 fully saturated rings. The zero-order chi connectivity index (χ0) is 18.7. The molecule has 1 unspecified atom stereocenters. The molecule has 1 aromatic heterocycles. The van der Waals surface area contributed by atoms with Gasteiger partial charge in [-0.3, -0.25) is 4.79 Å². The van der Waals surface area contributed by atoms with Crippen molar-refractivity contribution in [3.63, 3.8) is 0 Å². The van der Waals surface area contributed by atoms with Gasteiger partial charge in [0.25, 0.3) is 0 Å². The summed E-state index contributed by atoms with van der Waals surface area (Å²) in [5.41, 5.74) is 1.03. The Balaban J connectivity index is 1.73. The molecule has 6 nitrogen and oxygen atoms in total. The van der Waals surface area contributed by atoms with Gasteiger partial charge in [0.2, 0.25) is 11.1 Å². The third kappa shape index (κ3) is 3.97. The number of nitrogens with zero attached hydrogens (tertiary/aromatic N) is 3. The fraction of sp³-hybridized carbons (Fsp3) is 0.118. The Morgan fingerprint density at radius 3 is 2.77 bits per heavy atom. The second kappa shape index (κ2) is 7.76. The number of amides is 1. The number of hydrogen-bond donors (Lipinski definition) is 2. The lowest BCUT2D eigenvalue weighted by molar-refractivity contribution is -0.115. The Bertz CT molecular complexity index is 948. The highest BCUT2D eigenvalue weighted by molar-refractivity contribution is 8.00. The van der Waals surface area contributed by atoms with Crippen LogP contribution in [0, 0.1) is 5.82 Å². The van der Waals surface area contributed by atoms with Gasteiger partial charge < -0.3 is 11.2 Å². The SMILES string of the molecule is CC(Sc1nnc(-c2ccccc2Cl)n1N)C(=O)Nc1cccc(F)c1. The fourth-order valence-corrected chi connectivity index (χ4v) is 3.20. The van der Waals surface area contributed by atoms with Gasteiger partial charge >= 0.3 is 0 Å². The van der Waals surface area contributed by atoms with Crippen LogP contribution in [0.1, 0.15) is 6.92 Å². The van der Waals surface area contributed by atoms with Crippen molar-refractivity contribution in [2.75, 3.05) is 11.2 Å². The topological polar surface area (TPSA) is 85.8 Å². The van der Waals surface area contributed by atoms with E-state index in [4.69, 9.17) is 17.4 Å². The van der Waals surface area contributed by atoms with E-state index in [0.717, 1.165) is 11.8 Å². The third-order valence-electron chi connectivity index (χ3n) is 3.52. The fourth-order valence-electron chi connectivity index (χ4n) is 2.21. The molecule has 0 radical (unpaired) electrons. The van der Waals surface area contributed by atoms with Crippen molar-refractivity contribution in [1.82, 2.24) is 14.9 Å². The summed E-state index contributed by atoms with van der Waals surface area (Å²) in [7, 11) is 0. The average Bonchev–Trinajstić information content (AvgIpc) is 2.96. The lowest BCUT2D eigenvalue weighted by Gasteiger charge is -2.11. The van der Waals surface area contributed by atoms with Crippen LogP contribution in [0.4, 0.5) is 10.1 Å². The maximum absolute atomic E-state index is 13.2. The van der Waals surface area contributed by atoms with Crippen molar-refractivity contribution in [3.05, 3.63) is 59.4 Å². The van der Waals surface area contributed by atoms with Gasteiger partial charge in [-0.25, -0.2) is 9.07 Å². The molecule has 0 saturated heterocycles. The van der Waals surface area contributed by atoms with E-state index in [2.05, 4.69) is 15.5 Å². The first kappa shape index (κ1) is 18.2. The summed E-state index contributed by atoms with van der Waals surface area (Å²) >= 11 is 7.30. The Morgan fingerprint density at radius 2 is 2.04 bits per heavy atom. The number of hydrogen-bond acceptors (Lipinski definition) is 5. The summed E-state index contributed by atoms with van der Waals surface area (Å²) in [6.45, 7) is 1.70. The number of nitrogens with two attached hydrogens (primary N) is 1. The van der Waals surface area contributed by atoms with E-state index >= 15 is 0 Å². The molecule has 134 valence electrons. The van der Waals surface area contributed by atoms with Gasteiger partial charge in [0.05, 0.1) is 10.3 Å². The Morgan fingerprint density at radius 1 is 1.27 bits per heavy atom. The van der Waals surface area contributed by atoms with Crippen LogP contribution < -0.4 is 11.2 Å². The second-order valence-corrected chi connectivity index (χ2v) is 7.13. The summed E-state index contributed by atoms with van der Waals surface area (Å²) in [4.78, 5) is 12.3. The standard InChI is InChI=1S/C17H15ClFN5OS/c1-10(16(25)21-12-6-4-5-11(19)9-12)26-17-23-22-15(24(17)20)13-7-2-3-8-14(13)18/h2-10H,20H2,1H3,(H,21,25). The number of nitrogens with one attached hydrogen (secondary N) is 1. The molecule has 0 bridgehead atoms. The predicted octanol–water partition coefficient (Wildman–Crippen LogP) is 3.57. The molecule has 0 aliphatic heterocycles. The van der Waals surface area contributed by atoms with Crippen LogP contribution in [-0.4, -0.2) is 26.0 Å². The molecule has 1 atom stereocenters. The Labute approximate surface area is 158 Å². The smallest absolute Gasteiger partial charge is 0.237 e. The van der Waals surface area contributed by atoms with E-state index < -0.39 is 11.1 Å². The highest BCUT2D eigenvalue weighted by atomic mass is 35.5. The van der Waals surface area contributed by atoms with Gasteiger partial charge in [0.1, 0.15) is 5.82 Å². The molecule has 3 N–H and O–H groups in total. The molecular weight excluding hydrogens is 377 g/mol. The van der Waals surface area contributed by atoms with Gasteiger partial charge in [-0.2, -0.15) is 0 Å². The Hall–Kier alpha value is -2.58. The number of anilines is 1. The maximum atomic E-state index is 13.2. The number of halogens is 2. The minimum Gasteiger partial charge on any atom is -0.335 e. The number of carbonyl (C=O) groups is 1. The monoisotopic (exact) mass is 391 g/mol. The average molecular weight is 392 g/mol. The number of thioether (sulfide) groups is 1. The molecular formula is C17H15ClFN5OS. The van der Waals surface area contributed by atoms with E-state index in [0.29, 0.717) is 27.3 Å². The number of nitrogen functional groups attached to an aromatic ring is 1. The first-order valence-corrected chi connectivity index (χ1v) is 8.90. The molecule has 0 saturated carbocycles. The van der Waals surface area contributed by atoms with Gasteiger partial charge in [0, 0.05) is 11.3 Å². The number of aromatic nitrogens is 3. The van der Waals surface area contributed by atoms with Crippen molar-refractivity contribution in [2.24, 2.45) is 0 Å². The molecule has 1 amide bonds. The van der Waals surface area contributed by atoms with Crippen LogP contribution in [0.25, 0.3) is 11.4 Å². The van der Waals surface area contributed by atoms with Crippen LogP contribution in [0.5, 0.6) is 0 Å². The Kier molecular flexibility index (Phi) is 5.43. The van der Waals surface area contributed by atoms with Crippen molar-refractivity contribution >= 4 is 35.0 Å². The predicted molar refractivity (Wildman–Crippen MR) is 101 cm³/mol. The summed E-state index contributed by atoms with van der Waals surface area (Å²) < 4.78 is 14.5. The second-order valence-electron chi connectivity index (χ2n) is 5.42. The summed E-state index contributed by atoms with van der Waals surface area (Å²) in [5.74, 6) is 5.73. The highest BCUT2D eigenvalue weighted by Crippen LogP contribution is 2.29. The largest absolute Gasteiger partial charge is 0.335 e. The summed E-state index contributed by atoms with van der Waals surface area (Å²) in [6.07, 6.45) is 0. The van der Waals surface area contributed by atoms with Gasteiger partial charge in [-0.1, -0.05) is 41.6 Å². The first-order chi connectivity index (χ1) is 12.5. The maximum Gasteiger partial charge on any atom is 0.237 e. The van der Waals surface area contributed by atoms with Crippen molar-refractivity contribution in [1.29, 1.82) is 0 Å². The summed E-state index contributed by atoms with van der Waals surface area (Å²) in [6, 6.07) is 12.8. The van der Waals surface area contributed by atoms with Gasteiger partial charge in [-0.15, -0.1) is 10.2 Å². The highest BCUT2D eigenvalue weighted by Gasteiger charge is 2.21. The minimum atomic E-state index is -0.524. The lowest BCUT2D eigenvalue weighted by Crippen LogP contribution is -2.23. The van der Waals surface area contributed by atoms with E-state index in [-0.39, 0.29) is 5.91 Å². The molecule has 0 aliphatic rings. The molecule has 2 aromatic carbocycles. The van der Waals surface area contributed by atoms with Gasteiger partial charge in [0.15, 0.2) is 5.82 Å². The number of carbonyl (C=O) groups excluding carboxylic acids is 1. The molecule has 3 rings (SSSR count). The van der Waals surface area contributed by atoms with E-state index in [1.165, 1.54) is 22.9 Å². The third-order valence-corrected chi connectivity index (χ3v) is 4.91. The van der Waals surface area contributed by atoms with Crippen molar-refractivity contribution in [3.8, 4) is 11.4 Å². The minimum absolute atomic E-state index is 0.303. The van der Waals surface area contributed by atoms with Gasteiger partial charge in [-0.05, 0) is 37.3 Å². The lowest BCUT2D eigenvalue weighted by atomic mass is 10.2. The van der Waals surface area contributed by atoms with Crippen molar-refractivity contribution in [2.45, 2.75) is 17.3 Å². The van der Waals surface area contributed by atoms with Crippen LogP contribution in [0.3, 0.4) is 0 Å². The zero-order valence-electron chi connectivity index (χ0n) is 13.7. The van der Waals surface area contributed by atoms with Crippen LogP contribution in [0.15, 0.2) is 53.7 Å². The van der Waals surface area contributed by atoms with E-state index in [9.17, 15) is 9.18 Å². The van der Waals surface area contributed by atoms with Crippen LogP contribution in [-0.2, 0) is 4.79 Å². The zero-order valence-corrected chi connectivity index (χ0v) is 15.3. The normalized spacial score (nSPS) is 12.0.